The molecule has 0 N–H and O–H groups in total. The molecule has 2 saturated heterocycles. The molecule has 0 saturated carbocycles. The number of carbonyl (C=O) groups is 4. The molecule has 1 aromatic carbocycles. The van der Waals surface area contributed by atoms with Gasteiger partial charge in [-0.05, 0) is 31.7 Å². The highest BCUT2D eigenvalue weighted by atomic mass is 16.5. The zero-order valence-corrected chi connectivity index (χ0v) is 17.7. The van der Waals surface area contributed by atoms with E-state index in [1.807, 2.05) is 23.1 Å². The van der Waals surface area contributed by atoms with Crippen LogP contribution in [0.15, 0.2) is 30.5 Å². The molecule has 31 heavy (non-hydrogen) atoms. The molecule has 8 nitrogen and oxygen atoms in total. The molecule has 1 aromatic heterocycles. The Morgan fingerprint density at radius 3 is 2.32 bits per heavy atom. The van der Waals surface area contributed by atoms with Gasteiger partial charge in [-0.2, -0.15) is 0 Å². The largest absolute Gasteiger partial charge is 0.469 e. The first-order chi connectivity index (χ1) is 15.0. The van der Waals surface area contributed by atoms with E-state index in [-0.39, 0.29) is 24.3 Å². The van der Waals surface area contributed by atoms with Crippen molar-refractivity contribution in [2.45, 2.75) is 32.2 Å². The fourth-order valence-electron chi connectivity index (χ4n) is 4.51. The highest BCUT2D eigenvalue weighted by Crippen LogP contribution is 2.25. The summed E-state index contributed by atoms with van der Waals surface area (Å²) in [7, 11) is 1.35. The summed E-state index contributed by atoms with van der Waals surface area (Å²) in [6, 6.07) is 7.33. The molecule has 0 radical (unpaired) electrons. The normalized spacial score (nSPS) is 17.2. The molecule has 8 heteroatoms. The van der Waals surface area contributed by atoms with Crippen molar-refractivity contribution in [1.82, 2.24) is 14.4 Å². The molecule has 0 bridgehead atoms. The van der Waals surface area contributed by atoms with E-state index >= 15 is 0 Å². The van der Waals surface area contributed by atoms with Crippen LogP contribution in [0.25, 0.3) is 10.9 Å². The second-order valence-corrected chi connectivity index (χ2v) is 8.19. The molecule has 2 aromatic rings. The zero-order valence-electron chi connectivity index (χ0n) is 17.7. The van der Waals surface area contributed by atoms with Crippen LogP contribution in [0, 0.1) is 5.92 Å². The minimum Gasteiger partial charge on any atom is -0.469 e. The van der Waals surface area contributed by atoms with Crippen LogP contribution < -0.4 is 0 Å². The van der Waals surface area contributed by atoms with Crippen LogP contribution in [0.4, 0.5) is 0 Å². The van der Waals surface area contributed by atoms with E-state index < -0.39 is 11.7 Å². The van der Waals surface area contributed by atoms with Gasteiger partial charge in [0.15, 0.2) is 0 Å². The van der Waals surface area contributed by atoms with E-state index in [9.17, 15) is 19.2 Å². The maximum Gasteiger partial charge on any atom is 0.308 e. The van der Waals surface area contributed by atoms with Crippen molar-refractivity contribution in [3.8, 4) is 0 Å². The lowest BCUT2D eigenvalue weighted by Crippen LogP contribution is -2.43. The summed E-state index contributed by atoms with van der Waals surface area (Å²) in [6.45, 7) is 2.37. The quantitative estimate of drug-likeness (QED) is 0.414. The number of para-hydroxylation sites is 1. The van der Waals surface area contributed by atoms with Crippen molar-refractivity contribution < 1.29 is 23.9 Å². The number of hydrogen-bond acceptors (Lipinski definition) is 5. The molecule has 2 fully saturated rings. The van der Waals surface area contributed by atoms with Gasteiger partial charge in [-0.1, -0.05) is 18.2 Å². The van der Waals surface area contributed by atoms with Crippen molar-refractivity contribution in [2.24, 2.45) is 5.92 Å². The number of benzene rings is 1. The van der Waals surface area contributed by atoms with Gasteiger partial charge >= 0.3 is 5.97 Å². The molecule has 0 spiro atoms. The molecular weight excluding hydrogens is 398 g/mol. The van der Waals surface area contributed by atoms with Crippen LogP contribution >= 0.6 is 0 Å². The Labute approximate surface area is 180 Å². The van der Waals surface area contributed by atoms with Crippen LogP contribution in [0.3, 0.4) is 0 Å². The number of rotatable bonds is 5. The van der Waals surface area contributed by atoms with Crippen molar-refractivity contribution in [3.05, 3.63) is 36.0 Å². The third-order valence-corrected chi connectivity index (χ3v) is 6.31. The van der Waals surface area contributed by atoms with Gasteiger partial charge in [-0.25, -0.2) is 0 Å². The summed E-state index contributed by atoms with van der Waals surface area (Å²) in [5.74, 6) is -1.64. The number of fused-ring (bicyclic) bond motifs is 1. The molecule has 2 amide bonds. The molecule has 0 atom stereocenters. The fraction of sp³-hybridized carbons (Fsp3) is 0.478. The summed E-state index contributed by atoms with van der Waals surface area (Å²) in [5, 5.41) is 0.666. The molecular formula is C23H27N3O5. The number of likely N-dealkylation sites (tertiary alicyclic amines) is 2. The SMILES string of the molecule is COC(=O)C1CCN(C(=O)C(=O)c2cn(CC(=O)N3CCCC3)c3ccccc23)CC1. The molecule has 0 unspecified atom stereocenters. The first-order valence-corrected chi connectivity index (χ1v) is 10.8. The number of ketones is 1. The first-order valence-electron chi connectivity index (χ1n) is 10.8. The van der Waals surface area contributed by atoms with Gasteiger partial charge in [-0.3, -0.25) is 19.2 Å². The maximum atomic E-state index is 13.1. The molecule has 3 heterocycles. The highest BCUT2D eigenvalue weighted by molar-refractivity contribution is 6.44. The van der Waals surface area contributed by atoms with Gasteiger partial charge in [0, 0.05) is 43.3 Å². The summed E-state index contributed by atoms with van der Waals surface area (Å²) in [4.78, 5) is 53.7. The van der Waals surface area contributed by atoms with Gasteiger partial charge in [0.1, 0.15) is 6.54 Å². The Bertz CT molecular complexity index is 1010. The minimum atomic E-state index is -0.583. The van der Waals surface area contributed by atoms with Gasteiger partial charge in [0.25, 0.3) is 11.7 Å². The second kappa shape index (κ2) is 8.91. The lowest BCUT2D eigenvalue weighted by Gasteiger charge is -2.30. The number of nitrogens with zero attached hydrogens (tertiary/aromatic N) is 3. The van der Waals surface area contributed by atoms with Gasteiger partial charge < -0.3 is 19.1 Å². The van der Waals surface area contributed by atoms with Crippen LogP contribution in [0.2, 0.25) is 0 Å². The van der Waals surface area contributed by atoms with Crippen LogP contribution in [0.1, 0.15) is 36.0 Å². The average molecular weight is 425 g/mol. The van der Waals surface area contributed by atoms with Crippen LogP contribution in [-0.4, -0.2) is 71.2 Å². The van der Waals surface area contributed by atoms with Crippen LogP contribution in [0.5, 0.6) is 0 Å². The fourth-order valence-corrected chi connectivity index (χ4v) is 4.51. The highest BCUT2D eigenvalue weighted by Gasteiger charge is 2.32. The van der Waals surface area contributed by atoms with E-state index in [4.69, 9.17) is 4.74 Å². The van der Waals surface area contributed by atoms with Gasteiger partial charge in [0.05, 0.1) is 18.6 Å². The van der Waals surface area contributed by atoms with Crippen molar-refractivity contribution in [2.75, 3.05) is 33.3 Å². The summed E-state index contributed by atoms with van der Waals surface area (Å²) in [6.07, 6.45) is 4.63. The van der Waals surface area contributed by atoms with E-state index in [1.165, 1.54) is 12.0 Å². The number of piperidine rings is 1. The molecule has 164 valence electrons. The Hall–Kier alpha value is -3.16. The van der Waals surface area contributed by atoms with Crippen molar-refractivity contribution in [1.29, 1.82) is 0 Å². The topological polar surface area (TPSA) is 88.9 Å². The van der Waals surface area contributed by atoms with E-state index in [2.05, 4.69) is 0 Å². The number of methoxy groups -OCH3 is 1. The van der Waals surface area contributed by atoms with E-state index in [1.54, 1.807) is 16.8 Å². The third kappa shape index (κ3) is 4.19. The van der Waals surface area contributed by atoms with Crippen molar-refractivity contribution >= 4 is 34.5 Å². The Morgan fingerprint density at radius 2 is 1.65 bits per heavy atom. The Balaban J connectivity index is 1.52. The third-order valence-electron chi connectivity index (χ3n) is 6.31. The molecule has 0 aliphatic carbocycles. The van der Waals surface area contributed by atoms with E-state index in [0.29, 0.717) is 36.9 Å². The number of ether oxygens (including phenoxy) is 1. The standard InChI is InChI=1S/C23H27N3O5/c1-31-23(30)16-8-12-25(13-9-16)22(29)21(28)18-14-26(19-7-3-2-6-17(18)19)15-20(27)24-10-4-5-11-24/h2-3,6-7,14,16H,4-5,8-13,15H2,1H3. The Morgan fingerprint density at radius 1 is 0.968 bits per heavy atom. The minimum absolute atomic E-state index is 0.0217. The van der Waals surface area contributed by atoms with E-state index in [0.717, 1.165) is 31.4 Å². The summed E-state index contributed by atoms with van der Waals surface area (Å²) in [5.41, 5.74) is 1.07. The average Bonchev–Trinajstić information content (AvgIpc) is 3.47. The first kappa shape index (κ1) is 21.1. The molecule has 4 rings (SSSR count). The number of amides is 2. The lowest BCUT2D eigenvalue weighted by atomic mass is 9.96. The summed E-state index contributed by atoms with van der Waals surface area (Å²) >= 11 is 0. The number of Topliss-reactive ketones (excluding diaryl/α,β-unsaturated/α-hetero) is 1. The van der Waals surface area contributed by atoms with Gasteiger partial charge in [-0.15, -0.1) is 0 Å². The van der Waals surface area contributed by atoms with Gasteiger partial charge in [0.2, 0.25) is 5.91 Å². The van der Waals surface area contributed by atoms with Crippen LogP contribution in [-0.2, 0) is 25.7 Å². The predicted octanol–water partition coefficient (Wildman–Crippen LogP) is 1.86. The Kier molecular flexibility index (Phi) is 6.06. The monoisotopic (exact) mass is 425 g/mol. The number of aromatic nitrogens is 1. The van der Waals surface area contributed by atoms with Crippen molar-refractivity contribution in [3.63, 3.8) is 0 Å². The molecule has 2 aliphatic heterocycles. The lowest BCUT2D eigenvalue weighted by molar-refractivity contribution is -0.148. The maximum absolute atomic E-state index is 13.1. The number of hydrogen-bond donors (Lipinski definition) is 0. The zero-order chi connectivity index (χ0) is 22.0. The molecule has 2 aliphatic rings. The predicted molar refractivity (Wildman–Crippen MR) is 113 cm³/mol. The second-order valence-electron chi connectivity index (χ2n) is 8.19. The smallest absolute Gasteiger partial charge is 0.308 e. The number of carbonyl (C=O) groups excluding carboxylic acids is 4. The summed E-state index contributed by atoms with van der Waals surface area (Å²) < 4.78 is 6.54. The number of esters is 1.